The van der Waals surface area contributed by atoms with Crippen molar-refractivity contribution in [3.63, 3.8) is 0 Å². The number of carbonyl (C=O) groups excluding carboxylic acids is 2. The van der Waals surface area contributed by atoms with Crippen molar-refractivity contribution in [2.24, 2.45) is 0 Å². The Hall–Kier alpha value is -2.89. The summed E-state index contributed by atoms with van der Waals surface area (Å²) in [6.07, 6.45) is 0.932. The molecule has 1 N–H and O–H groups in total. The molecule has 1 aliphatic heterocycles. The fourth-order valence-corrected chi connectivity index (χ4v) is 3.36. The highest BCUT2D eigenvalue weighted by Crippen LogP contribution is 2.22. The van der Waals surface area contributed by atoms with E-state index in [1.165, 1.54) is 19.2 Å². The minimum atomic E-state index is -0.273. The number of amides is 2. The van der Waals surface area contributed by atoms with Gasteiger partial charge in [-0.05, 0) is 42.7 Å². The van der Waals surface area contributed by atoms with Gasteiger partial charge in [-0.1, -0.05) is 24.3 Å². The first-order chi connectivity index (χ1) is 13.0. The number of ether oxygens (including phenoxy) is 1. The second-order valence-electron chi connectivity index (χ2n) is 6.74. The van der Waals surface area contributed by atoms with Crippen molar-refractivity contribution in [3.05, 3.63) is 65.0 Å². The van der Waals surface area contributed by atoms with Crippen LogP contribution < -0.4 is 10.1 Å². The number of nitrogens with one attached hydrogen (secondary N) is 1. The van der Waals surface area contributed by atoms with Crippen molar-refractivity contribution in [3.8, 4) is 5.75 Å². The highest BCUT2D eigenvalue weighted by Gasteiger charge is 2.31. The highest BCUT2D eigenvalue weighted by atomic mass is 19.1. The molecule has 1 heterocycles. The van der Waals surface area contributed by atoms with E-state index < -0.39 is 0 Å². The molecule has 2 aromatic rings. The molecule has 2 amide bonds. The predicted octanol–water partition coefficient (Wildman–Crippen LogP) is 2.72. The Balaban J connectivity index is 1.59. The number of hydrogen-bond acceptors (Lipinski definition) is 3. The molecule has 0 aromatic heterocycles. The maximum absolute atomic E-state index is 13.0. The van der Waals surface area contributed by atoms with Crippen LogP contribution in [0.2, 0.25) is 0 Å². The largest absolute Gasteiger partial charge is 0.496 e. The Bertz CT molecular complexity index is 836. The average molecular weight is 370 g/mol. The van der Waals surface area contributed by atoms with Gasteiger partial charge >= 0.3 is 0 Å². The van der Waals surface area contributed by atoms with Crippen molar-refractivity contribution >= 4 is 11.8 Å². The first kappa shape index (κ1) is 18.9. The predicted molar refractivity (Wildman–Crippen MR) is 100 cm³/mol. The fraction of sp³-hybridized carbons (Fsp3) is 0.333. The van der Waals surface area contributed by atoms with E-state index in [2.05, 4.69) is 5.32 Å². The molecule has 1 saturated heterocycles. The Morgan fingerprint density at radius 3 is 2.70 bits per heavy atom. The fourth-order valence-electron chi connectivity index (χ4n) is 3.36. The lowest BCUT2D eigenvalue weighted by Gasteiger charge is -2.18. The van der Waals surface area contributed by atoms with Crippen LogP contribution in [0.3, 0.4) is 0 Å². The van der Waals surface area contributed by atoms with E-state index in [1.54, 1.807) is 23.1 Å². The van der Waals surface area contributed by atoms with E-state index in [4.69, 9.17) is 4.74 Å². The quantitative estimate of drug-likeness (QED) is 0.851. The molecule has 0 bridgehead atoms. The van der Waals surface area contributed by atoms with Crippen molar-refractivity contribution in [1.82, 2.24) is 10.2 Å². The molecule has 3 rings (SSSR count). The lowest BCUT2D eigenvalue weighted by atomic mass is 10.1. The van der Waals surface area contributed by atoms with Crippen LogP contribution in [-0.2, 0) is 11.2 Å². The van der Waals surface area contributed by atoms with Crippen LogP contribution in [0.4, 0.5) is 4.39 Å². The maximum Gasteiger partial charge on any atom is 0.255 e. The Kier molecular flexibility index (Phi) is 5.74. The third kappa shape index (κ3) is 4.45. The van der Waals surface area contributed by atoms with Gasteiger partial charge in [-0.25, -0.2) is 4.39 Å². The first-order valence-electron chi connectivity index (χ1n) is 8.94. The molecule has 142 valence electrons. The summed E-state index contributed by atoms with van der Waals surface area (Å²) in [6, 6.07) is 11.5. The number of halogens is 1. The summed E-state index contributed by atoms with van der Waals surface area (Å²) in [4.78, 5) is 26.7. The van der Waals surface area contributed by atoms with Gasteiger partial charge in [0.2, 0.25) is 5.91 Å². The van der Waals surface area contributed by atoms with E-state index in [1.807, 2.05) is 19.1 Å². The summed E-state index contributed by atoms with van der Waals surface area (Å²) in [7, 11) is 1.53. The zero-order valence-electron chi connectivity index (χ0n) is 15.5. The van der Waals surface area contributed by atoms with Crippen LogP contribution in [0, 0.1) is 12.7 Å². The second kappa shape index (κ2) is 8.20. The van der Waals surface area contributed by atoms with E-state index >= 15 is 0 Å². The Morgan fingerprint density at radius 1 is 1.26 bits per heavy atom. The minimum Gasteiger partial charge on any atom is -0.496 e. The molecule has 1 aliphatic rings. The van der Waals surface area contributed by atoms with Crippen LogP contribution in [0.5, 0.6) is 5.75 Å². The zero-order chi connectivity index (χ0) is 19.4. The number of carbonyl (C=O) groups is 2. The van der Waals surface area contributed by atoms with Crippen molar-refractivity contribution in [2.75, 3.05) is 20.2 Å². The van der Waals surface area contributed by atoms with Gasteiger partial charge in [0.1, 0.15) is 11.6 Å². The molecule has 0 aliphatic carbocycles. The third-order valence-corrected chi connectivity index (χ3v) is 4.81. The van der Waals surface area contributed by atoms with Gasteiger partial charge in [0.25, 0.3) is 5.91 Å². The van der Waals surface area contributed by atoms with Gasteiger partial charge in [0.15, 0.2) is 0 Å². The molecule has 27 heavy (non-hydrogen) atoms. The minimum absolute atomic E-state index is 0.0131. The summed E-state index contributed by atoms with van der Waals surface area (Å²) in [6.45, 7) is 2.87. The van der Waals surface area contributed by atoms with Gasteiger partial charge in [-0.3, -0.25) is 9.59 Å². The molecular weight excluding hydrogens is 347 g/mol. The van der Waals surface area contributed by atoms with Crippen molar-refractivity contribution in [2.45, 2.75) is 25.8 Å². The number of aryl methyl sites for hydroxylation is 1. The SMILES string of the molecule is COc1cccc(C)c1C(=O)NC1CC(=O)N(CCc2ccc(F)cc2)C1. The lowest BCUT2D eigenvalue weighted by Crippen LogP contribution is -2.38. The molecule has 1 unspecified atom stereocenters. The van der Waals surface area contributed by atoms with Crippen LogP contribution in [0.1, 0.15) is 27.9 Å². The van der Waals surface area contributed by atoms with E-state index in [-0.39, 0.29) is 30.1 Å². The average Bonchev–Trinajstić information content (AvgIpc) is 3.00. The molecule has 6 heteroatoms. The van der Waals surface area contributed by atoms with Gasteiger partial charge in [0.05, 0.1) is 18.7 Å². The topological polar surface area (TPSA) is 58.6 Å². The zero-order valence-corrected chi connectivity index (χ0v) is 15.5. The number of nitrogens with zero attached hydrogens (tertiary/aromatic N) is 1. The standard InChI is InChI=1S/C21H23FN2O3/c1-14-4-3-5-18(27-2)20(14)21(26)23-17-12-19(25)24(13-17)11-10-15-6-8-16(22)9-7-15/h3-9,17H,10-13H2,1-2H3,(H,23,26). The maximum atomic E-state index is 13.0. The van der Waals surface area contributed by atoms with E-state index in [0.29, 0.717) is 30.8 Å². The van der Waals surface area contributed by atoms with Gasteiger partial charge < -0.3 is 15.0 Å². The second-order valence-corrected chi connectivity index (χ2v) is 6.74. The number of benzene rings is 2. The Morgan fingerprint density at radius 2 is 2.00 bits per heavy atom. The van der Waals surface area contributed by atoms with Crippen molar-refractivity contribution in [1.29, 1.82) is 0 Å². The van der Waals surface area contributed by atoms with Gasteiger partial charge in [-0.15, -0.1) is 0 Å². The summed E-state index contributed by atoms with van der Waals surface area (Å²) in [5.74, 6) is 0.0256. The Labute approximate surface area is 158 Å². The van der Waals surface area contributed by atoms with Gasteiger partial charge in [-0.2, -0.15) is 0 Å². The molecule has 0 spiro atoms. The van der Waals surface area contributed by atoms with E-state index in [9.17, 15) is 14.0 Å². The summed E-state index contributed by atoms with van der Waals surface area (Å²) < 4.78 is 18.3. The normalized spacial score (nSPS) is 16.5. The van der Waals surface area contributed by atoms with Crippen LogP contribution in [-0.4, -0.2) is 43.0 Å². The number of hydrogen-bond donors (Lipinski definition) is 1. The molecule has 0 radical (unpaired) electrons. The smallest absolute Gasteiger partial charge is 0.255 e. The first-order valence-corrected chi connectivity index (χ1v) is 8.94. The van der Waals surface area contributed by atoms with Gasteiger partial charge in [0, 0.05) is 19.5 Å². The van der Waals surface area contributed by atoms with Crippen LogP contribution in [0.15, 0.2) is 42.5 Å². The van der Waals surface area contributed by atoms with Crippen LogP contribution in [0.25, 0.3) is 0 Å². The molecule has 5 nitrogen and oxygen atoms in total. The number of rotatable bonds is 6. The number of likely N-dealkylation sites (tertiary alicyclic amines) is 1. The third-order valence-electron chi connectivity index (χ3n) is 4.81. The molecule has 1 fully saturated rings. The molecule has 1 atom stereocenters. The van der Waals surface area contributed by atoms with E-state index in [0.717, 1.165) is 11.1 Å². The van der Waals surface area contributed by atoms with Crippen LogP contribution >= 0.6 is 0 Å². The molecule has 2 aromatic carbocycles. The van der Waals surface area contributed by atoms with Crippen molar-refractivity contribution < 1.29 is 18.7 Å². The lowest BCUT2D eigenvalue weighted by molar-refractivity contribution is -0.127. The summed E-state index contributed by atoms with van der Waals surface area (Å²) >= 11 is 0. The number of methoxy groups -OCH3 is 1. The molecular formula is C21H23FN2O3. The summed E-state index contributed by atoms with van der Waals surface area (Å²) in [5.41, 5.74) is 2.29. The summed E-state index contributed by atoms with van der Waals surface area (Å²) in [5, 5.41) is 2.95. The highest BCUT2D eigenvalue weighted by molar-refractivity contribution is 5.99. The molecule has 0 saturated carbocycles. The monoisotopic (exact) mass is 370 g/mol.